The maximum atomic E-state index is 4.67. The number of hydrogen-bond donors (Lipinski definition) is 0. The second-order valence-electron chi connectivity index (χ2n) is 6.13. The van der Waals surface area contributed by atoms with Crippen molar-refractivity contribution in [1.29, 1.82) is 0 Å². The van der Waals surface area contributed by atoms with E-state index in [4.69, 9.17) is 0 Å². The summed E-state index contributed by atoms with van der Waals surface area (Å²) in [6.45, 7) is 5.48. The lowest BCUT2D eigenvalue weighted by Gasteiger charge is -2.26. The molecule has 0 saturated carbocycles. The molecule has 5 heteroatoms. The average Bonchev–Trinajstić information content (AvgIpc) is 3.10. The van der Waals surface area contributed by atoms with Gasteiger partial charge in [-0.3, -0.25) is 0 Å². The van der Waals surface area contributed by atoms with Gasteiger partial charge in [0.05, 0.1) is 5.69 Å². The van der Waals surface area contributed by atoms with Crippen molar-refractivity contribution in [3.8, 4) is 0 Å². The summed E-state index contributed by atoms with van der Waals surface area (Å²) >= 11 is 3.54. The molecule has 1 atom stereocenters. The van der Waals surface area contributed by atoms with Gasteiger partial charge < -0.3 is 4.90 Å². The van der Waals surface area contributed by atoms with E-state index in [2.05, 4.69) is 50.8 Å². The third-order valence-corrected chi connectivity index (χ3v) is 4.86. The number of hydrogen-bond acceptors (Lipinski definition) is 3. The largest absolute Gasteiger partial charge is 0.352 e. The zero-order valence-electron chi connectivity index (χ0n) is 12.8. The van der Waals surface area contributed by atoms with Crippen LogP contribution >= 0.6 is 15.9 Å². The number of fused-ring (bicyclic) bond motifs is 1. The van der Waals surface area contributed by atoms with Gasteiger partial charge in [0.25, 0.3) is 0 Å². The monoisotopic (exact) mass is 350 g/mol. The fraction of sp³-hybridized carbons (Fsp3) is 0.625. The first-order valence-electron chi connectivity index (χ1n) is 7.87. The van der Waals surface area contributed by atoms with E-state index < -0.39 is 0 Å². The van der Waals surface area contributed by atoms with Crippen LogP contribution in [0.4, 0.5) is 5.82 Å². The van der Waals surface area contributed by atoms with Gasteiger partial charge in [-0.1, -0.05) is 29.8 Å². The van der Waals surface area contributed by atoms with Gasteiger partial charge in [0.2, 0.25) is 0 Å². The van der Waals surface area contributed by atoms with E-state index in [1.54, 1.807) is 0 Å². The molecule has 2 aromatic heterocycles. The van der Waals surface area contributed by atoms with Crippen molar-refractivity contribution in [3.05, 3.63) is 24.2 Å². The number of rotatable bonds is 5. The maximum absolute atomic E-state index is 4.67. The molecule has 0 aromatic carbocycles. The minimum Gasteiger partial charge on any atom is -0.352 e. The third kappa shape index (κ3) is 2.93. The average molecular weight is 351 g/mol. The highest BCUT2D eigenvalue weighted by atomic mass is 79.9. The molecule has 0 spiro atoms. The molecule has 0 bridgehead atoms. The molecule has 21 heavy (non-hydrogen) atoms. The highest BCUT2D eigenvalue weighted by molar-refractivity contribution is 9.09. The lowest BCUT2D eigenvalue weighted by atomic mass is 10.1. The molecule has 4 nitrogen and oxygen atoms in total. The second-order valence-corrected chi connectivity index (χ2v) is 6.92. The van der Waals surface area contributed by atoms with Crippen LogP contribution in [0.1, 0.15) is 51.1 Å². The van der Waals surface area contributed by atoms with Gasteiger partial charge >= 0.3 is 0 Å². The molecule has 1 saturated heterocycles. The predicted molar refractivity (Wildman–Crippen MR) is 90.5 cm³/mol. The Hall–Kier alpha value is -1.10. The Morgan fingerprint density at radius 3 is 3.05 bits per heavy atom. The minimum absolute atomic E-state index is 0.445. The lowest BCUT2D eigenvalue weighted by molar-refractivity contribution is 0.600. The van der Waals surface area contributed by atoms with E-state index in [9.17, 15) is 0 Å². The van der Waals surface area contributed by atoms with Crippen LogP contribution in [0.25, 0.3) is 5.52 Å². The fourth-order valence-electron chi connectivity index (χ4n) is 3.16. The quantitative estimate of drug-likeness (QED) is 0.764. The highest BCUT2D eigenvalue weighted by Gasteiger charge is 2.27. The Labute approximate surface area is 134 Å². The summed E-state index contributed by atoms with van der Waals surface area (Å²) in [5, 5.41) is 5.76. The topological polar surface area (TPSA) is 33.4 Å². The van der Waals surface area contributed by atoms with Crippen molar-refractivity contribution in [2.24, 2.45) is 0 Å². The highest BCUT2D eigenvalue weighted by Crippen LogP contribution is 2.30. The van der Waals surface area contributed by atoms with Gasteiger partial charge in [-0.2, -0.15) is 5.10 Å². The lowest BCUT2D eigenvalue weighted by Crippen LogP contribution is -2.30. The van der Waals surface area contributed by atoms with Gasteiger partial charge in [-0.05, 0) is 37.7 Å². The van der Waals surface area contributed by atoms with E-state index in [-0.39, 0.29) is 0 Å². The number of nitrogens with zero attached hydrogens (tertiary/aromatic N) is 4. The van der Waals surface area contributed by atoms with Crippen molar-refractivity contribution in [1.82, 2.24) is 14.6 Å². The molecule has 0 amide bonds. The third-order valence-electron chi connectivity index (χ3n) is 4.30. The summed E-state index contributed by atoms with van der Waals surface area (Å²) in [6, 6.07) is 2.83. The molecule has 114 valence electrons. The van der Waals surface area contributed by atoms with E-state index in [1.165, 1.54) is 25.7 Å². The smallest absolute Gasteiger partial charge is 0.154 e. The van der Waals surface area contributed by atoms with Crippen LogP contribution in [0, 0.1) is 0 Å². The fourth-order valence-corrected chi connectivity index (χ4v) is 3.48. The van der Waals surface area contributed by atoms with E-state index in [1.807, 2.05) is 16.9 Å². The predicted octanol–water partition coefficient (Wildman–Crippen LogP) is 4.00. The molecule has 1 unspecified atom stereocenters. The van der Waals surface area contributed by atoms with Crippen LogP contribution in [0.5, 0.6) is 0 Å². The number of aromatic nitrogens is 3. The zero-order valence-corrected chi connectivity index (χ0v) is 14.4. The summed E-state index contributed by atoms with van der Waals surface area (Å²) in [5.74, 6) is 1.55. The normalized spacial score (nSPS) is 19.0. The molecule has 0 N–H and O–H groups in total. The molecule has 1 aliphatic heterocycles. The van der Waals surface area contributed by atoms with Crippen molar-refractivity contribution in [3.63, 3.8) is 0 Å². The van der Waals surface area contributed by atoms with Gasteiger partial charge in [0.1, 0.15) is 5.52 Å². The molecule has 0 radical (unpaired) electrons. The van der Waals surface area contributed by atoms with E-state index in [0.717, 1.165) is 28.9 Å². The zero-order chi connectivity index (χ0) is 14.8. The Kier molecular flexibility index (Phi) is 4.48. The number of halogens is 1. The SMILES string of the molecule is CC(C)c1cc2c(N3CCCC3CCCBr)nccn2n1. The summed E-state index contributed by atoms with van der Waals surface area (Å²) < 4.78 is 1.98. The van der Waals surface area contributed by atoms with Crippen LogP contribution in [-0.4, -0.2) is 32.5 Å². The van der Waals surface area contributed by atoms with Crippen molar-refractivity contribution in [2.45, 2.75) is 51.5 Å². The molecular formula is C16H23BrN4. The van der Waals surface area contributed by atoms with Crippen LogP contribution in [0.2, 0.25) is 0 Å². The van der Waals surface area contributed by atoms with Crippen molar-refractivity contribution < 1.29 is 0 Å². The Balaban J connectivity index is 1.95. The Morgan fingerprint density at radius 1 is 1.43 bits per heavy atom. The Morgan fingerprint density at radius 2 is 2.29 bits per heavy atom. The molecule has 3 heterocycles. The Bertz CT molecular complexity index is 607. The molecule has 1 aliphatic rings. The van der Waals surface area contributed by atoms with Crippen LogP contribution in [0.15, 0.2) is 18.5 Å². The molecule has 2 aromatic rings. The van der Waals surface area contributed by atoms with Crippen molar-refractivity contribution >= 4 is 27.3 Å². The molecule has 0 aliphatic carbocycles. The van der Waals surface area contributed by atoms with Gasteiger partial charge in [0.15, 0.2) is 5.82 Å². The summed E-state index contributed by atoms with van der Waals surface area (Å²) in [6.07, 6.45) is 8.83. The molecule has 3 rings (SSSR count). The summed E-state index contributed by atoms with van der Waals surface area (Å²) in [5.41, 5.74) is 2.28. The van der Waals surface area contributed by atoms with Gasteiger partial charge in [-0.15, -0.1) is 0 Å². The standard InChI is InChI=1S/C16H23BrN4/c1-12(2)14-11-15-16(18-8-10-21(15)19-14)20-9-4-6-13(20)5-3-7-17/h8,10-13H,3-7,9H2,1-2H3. The van der Waals surface area contributed by atoms with E-state index in [0.29, 0.717) is 12.0 Å². The summed E-state index contributed by atoms with van der Waals surface area (Å²) in [4.78, 5) is 7.16. The maximum Gasteiger partial charge on any atom is 0.154 e. The minimum atomic E-state index is 0.445. The first kappa shape index (κ1) is 14.8. The van der Waals surface area contributed by atoms with E-state index >= 15 is 0 Å². The van der Waals surface area contributed by atoms with Crippen molar-refractivity contribution in [2.75, 3.05) is 16.8 Å². The molecule has 1 fully saturated rings. The number of anilines is 1. The van der Waals surface area contributed by atoms with Gasteiger partial charge in [-0.25, -0.2) is 9.50 Å². The first-order valence-corrected chi connectivity index (χ1v) is 8.99. The van der Waals surface area contributed by atoms with Crippen LogP contribution in [0.3, 0.4) is 0 Å². The summed E-state index contributed by atoms with van der Waals surface area (Å²) in [7, 11) is 0. The first-order chi connectivity index (χ1) is 10.2. The van der Waals surface area contributed by atoms with Crippen LogP contribution < -0.4 is 4.90 Å². The van der Waals surface area contributed by atoms with Gasteiger partial charge in [0, 0.05) is 30.3 Å². The second kappa shape index (κ2) is 6.34. The van der Waals surface area contributed by atoms with Crippen LogP contribution in [-0.2, 0) is 0 Å². The number of alkyl halides is 1. The molecular weight excluding hydrogens is 328 g/mol.